The summed E-state index contributed by atoms with van der Waals surface area (Å²) in [5.74, 6) is -1.77. The van der Waals surface area contributed by atoms with Gasteiger partial charge in [0.2, 0.25) is 5.91 Å². The zero-order chi connectivity index (χ0) is 19.1. The molecular formula is C19H20KN3O4S. The summed E-state index contributed by atoms with van der Waals surface area (Å²) in [5, 5.41) is 22.3. The van der Waals surface area contributed by atoms with Gasteiger partial charge in [-0.25, -0.2) is 4.98 Å². The van der Waals surface area contributed by atoms with Crippen LogP contribution in [0.15, 0.2) is 24.3 Å². The molecule has 1 aliphatic carbocycles. The van der Waals surface area contributed by atoms with Crippen LogP contribution in [0.4, 0.5) is 0 Å². The molecule has 9 heteroatoms. The van der Waals surface area contributed by atoms with Crippen LogP contribution in [0.3, 0.4) is 0 Å². The quantitative estimate of drug-likeness (QED) is 0.443. The Morgan fingerprint density at radius 1 is 1.36 bits per heavy atom. The van der Waals surface area contributed by atoms with Gasteiger partial charge < -0.3 is 24.5 Å². The maximum Gasteiger partial charge on any atom is 1.00 e. The van der Waals surface area contributed by atoms with Gasteiger partial charge in [0.15, 0.2) is 0 Å². The first-order valence-corrected chi connectivity index (χ1v) is 10.0. The summed E-state index contributed by atoms with van der Waals surface area (Å²) in [7, 11) is 0. The molecule has 3 heterocycles. The Bertz CT molecular complexity index is 973. The number of nitrogens with zero attached hydrogens (tertiary/aromatic N) is 3. The fraction of sp³-hybridized carbons (Fsp3) is 0.526. The molecule has 1 aromatic heterocycles. The number of β-lactam (4-membered cyclic amide) rings is 1. The molecule has 0 unspecified atom stereocenters. The third kappa shape index (κ3) is 2.93. The van der Waals surface area contributed by atoms with Crippen molar-refractivity contribution in [2.45, 2.75) is 55.0 Å². The smallest absolute Gasteiger partial charge is 0.548 e. The van der Waals surface area contributed by atoms with Crippen LogP contribution in [0.25, 0.3) is 11.0 Å². The first-order chi connectivity index (χ1) is 12.8. The third-order valence-electron chi connectivity index (χ3n) is 5.85. The van der Waals surface area contributed by atoms with Crippen LogP contribution in [0.1, 0.15) is 44.7 Å². The van der Waals surface area contributed by atoms with Gasteiger partial charge in [-0.2, -0.15) is 0 Å². The molecule has 0 radical (unpaired) electrons. The molecule has 5 rings (SSSR count). The Morgan fingerprint density at radius 2 is 2.04 bits per heavy atom. The Labute approximate surface area is 209 Å². The molecule has 1 aromatic carbocycles. The van der Waals surface area contributed by atoms with Gasteiger partial charge in [-0.1, -0.05) is 12.1 Å². The van der Waals surface area contributed by atoms with Crippen molar-refractivity contribution >= 4 is 34.7 Å². The van der Waals surface area contributed by atoms with Gasteiger partial charge in [0, 0.05) is 10.8 Å². The minimum absolute atomic E-state index is 0. The van der Waals surface area contributed by atoms with Crippen LogP contribution in [-0.4, -0.2) is 47.6 Å². The van der Waals surface area contributed by atoms with E-state index in [1.54, 1.807) is 13.8 Å². The van der Waals surface area contributed by atoms with E-state index in [1.165, 1.54) is 16.7 Å². The molecule has 1 amide bonds. The Balaban J connectivity index is 0.00000192. The minimum Gasteiger partial charge on any atom is -0.548 e. The summed E-state index contributed by atoms with van der Waals surface area (Å²) in [4.78, 5) is 30.3. The SMILES string of the molecule is CC1(C)S[C@@H]2[C@H]([C@H](O)c3nc4ccccc4n3C3CC3)C(=O)N2[C@H]1C(=O)[O-].[K+]. The number of carboxylic acid groups (broad SMARTS) is 1. The van der Waals surface area contributed by atoms with Crippen LogP contribution in [0.2, 0.25) is 0 Å². The molecule has 1 N–H and O–H groups in total. The van der Waals surface area contributed by atoms with Gasteiger partial charge in [-0.05, 0) is 38.8 Å². The zero-order valence-electron chi connectivity index (χ0n) is 16.0. The standard InChI is InChI=1S/C19H21N3O4S.K/c1-19(2)14(18(25)26)22-16(24)12(17(22)27-19)13(23)15-20-10-5-3-4-6-11(10)21(15)9-7-8-9;/h3-6,9,12-14,17,23H,7-8H2,1-2H3,(H,25,26);/q;+1/p-1/t12-,13+,14+,17-;/m1./s1. The number of imidazole rings is 1. The number of carbonyl (C=O) groups is 2. The van der Waals surface area contributed by atoms with Gasteiger partial charge in [-0.15, -0.1) is 11.8 Å². The van der Waals surface area contributed by atoms with E-state index in [2.05, 4.69) is 9.55 Å². The van der Waals surface area contributed by atoms with Gasteiger partial charge >= 0.3 is 51.4 Å². The van der Waals surface area contributed by atoms with E-state index >= 15 is 0 Å². The van der Waals surface area contributed by atoms with Crippen LogP contribution in [0.5, 0.6) is 0 Å². The molecule has 3 fully saturated rings. The van der Waals surface area contributed by atoms with Gasteiger partial charge in [0.05, 0.1) is 28.4 Å². The van der Waals surface area contributed by atoms with Gasteiger partial charge in [0.1, 0.15) is 17.8 Å². The normalized spacial score (nSPS) is 29.2. The first-order valence-electron chi connectivity index (χ1n) is 9.17. The number of amides is 1. The molecule has 2 saturated heterocycles. The summed E-state index contributed by atoms with van der Waals surface area (Å²) in [5.41, 5.74) is 1.76. The number of thioether (sulfide) groups is 1. The van der Waals surface area contributed by atoms with E-state index < -0.39 is 28.8 Å². The molecule has 2 aliphatic heterocycles. The molecule has 142 valence electrons. The van der Waals surface area contributed by atoms with Crippen LogP contribution in [0, 0.1) is 5.92 Å². The number of para-hydroxylation sites is 2. The second-order valence-corrected chi connectivity index (χ2v) is 9.88. The number of hydrogen-bond acceptors (Lipinski definition) is 6. The Hall–Kier alpha value is -0.424. The predicted octanol–water partition coefficient (Wildman–Crippen LogP) is -2.16. The van der Waals surface area contributed by atoms with Crippen LogP contribution in [-0.2, 0) is 9.59 Å². The molecule has 28 heavy (non-hydrogen) atoms. The molecule has 0 spiro atoms. The number of rotatable bonds is 4. The Morgan fingerprint density at radius 3 is 2.68 bits per heavy atom. The summed E-state index contributed by atoms with van der Waals surface area (Å²) >= 11 is 1.41. The van der Waals surface area contributed by atoms with Crippen LogP contribution >= 0.6 is 11.8 Å². The van der Waals surface area contributed by atoms with Crippen molar-refractivity contribution in [3.05, 3.63) is 30.1 Å². The molecule has 2 aromatic rings. The number of fused-ring (bicyclic) bond motifs is 2. The largest absolute Gasteiger partial charge is 1.00 e. The summed E-state index contributed by atoms with van der Waals surface area (Å²) in [6.07, 6.45) is 1.00. The number of hydrogen-bond donors (Lipinski definition) is 1. The number of carbonyl (C=O) groups excluding carboxylic acids is 2. The van der Waals surface area contributed by atoms with Crippen molar-refractivity contribution in [1.82, 2.24) is 14.5 Å². The van der Waals surface area contributed by atoms with Crippen molar-refractivity contribution in [3.63, 3.8) is 0 Å². The second-order valence-electron chi connectivity index (χ2n) is 8.11. The van der Waals surface area contributed by atoms with E-state index in [9.17, 15) is 19.8 Å². The fourth-order valence-corrected chi connectivity index (χ4v) is 6.17. The number of benzene rings is 1. The van der Waals surface area contributed by atoms with Crippen molar-refractivity contribution in [2.24, 2.45) is 5.92 Å². The van der Waals surface area contributed by atoms with E-state index in [0.717, 1.165) is 23.9 Å². The van der Waals surface area contributed by atoms with Gasteiger partial charge in [0.25, 0.3) is 0 Å². The first kappa shape index (κ1) is 20.8. The predicted molar refractivity (Wildman–Crippen MR) is 97.6 cm³/mol. The fourth-order valence-electron chi connectivity index (χ4n) is 4.46. The maximum absolute atomic E-state index is 12.8. The average Bonchev–Trinajstić information content (AvgIpc) is 3.32. The number of carboxylic acids is 1. The topological polar surface area (TPSA) is 98.5 Å². The third-order valence-corrected chi connectivity index (χ3v) is 7.44. The average molecular weight is 426 g/mol. The van der Waals surface area contributed by atoms with E-state index in [4.69, 9.17) is 0 Å². The van der Waals surface area contributed by atoms with Crippen molar-refractivity contribution in [1.29, 1.82) is 0 Å². The summed E-state index contributed by atoms with van der Waals surface area (Å²) in [6.45, 7) is 3.60. The molecular weight excluding hydrogens is 405 g/mol. The monoisotopic (exact) mass is 425 g/mol. The van der Waals surface area contributed by atoms with Crippen molar-refractivity contribution in [2.75, 3.05) is 0 Å². The number of aliphatic carboxylic acids is 1. The molecule has 1 saturated carbocycles. The van der Waals surface area contributed by atoms with E-state index in [1.807, 2.05) is 24.3 Å². The number of aromatic nitrogens is 2. The van der Waals surface area contributed by atoms with Gasteiger partial charge in [-0.3, -0.25) is 4.79 Å². The van der Waals surface area contributed by atoms with Crippen molar-refractivity contribution in [3.8, 4) is 0 Å². The molecule has 0 bridgehead atoms. The second kappa shape index (κ2) is 7.07. The van der Waals surface area contributed by atoms with Crippen molar-refractivity contribution < 1.29 is 71.2 Å². The van der Waals surface area contributed by atoms with E-state index in [-0.39, 0.29) is 62.7 Å². The molecule has 4 atom stereocenters. The minimum atomic E-state index is -1.25. The Kier molecular flexibility index (Phi) is 5.26. The van der Waals surface area contributed by atoms with E-state index in [0.29, 0.717) is 11.9 Å². The number of aliphatic hydroxyl groups excluding tert-OH is 1. The zero-order valence-corrected chi connectivity index (χ0v) is 20.0. The molecule has 7 nitrogen and oxygen atoms in total. The number of aliphatic hydroxyl groups is 1. The molecule has 3 aliphatic rings. The summed E-state index contributed by atoms with van der Waals surface area (Å²) in [6, 6.07) is 7.04. The maximum atomic E-state index is 12.8. The van der Waals surface area contributed by atoms with Crippen LogP contribution < -0.4 is 56.5 Å². The summed E-state index contributed by atoms with van der Waals surface area (Å²) < 4.78 is 1.39.